The van der Waals surface area contributed by atoms with Crippen LogP contribution >= 0.6 is 27.7 Å². The number of nitrogens with one attached hydrogen (secondary N) is 1. The van der Waals surface area contributed by atoms with Gasteiger partial charge in [0, 0.05) is 4.47 Å². The van der Waals surface area contributed by atoms with Crippen molar-refractivity contribution in [2.45, 2.75) is 12.5 Å². The Morgan fingerprint density at radius 3 is 2.85 bits per heavy atom. The van der Waals surface area contributed by atoms with Gasteiger partial charge in [0.1, 0.15) is 11.8 Å². The number of hydrogen-bond donors (Lipinski definition) is 2. The van der Waals surface area contributed by atoms with Crippen molar-refractivity contribution in [1.82, 2.24) is 5.32 Å². The van der Waals surface area contributed by atoms with Gasteiger partial charge in [-0.1, -0.05) is 22.0 Å². The molecule has 110 valence electrons. The van der Waals surface area contributed by atoms with Gasteiger partial charge in [-0.2, -0.15) is 11.8 Å². The first-order valence-corrected chi connectivity index (χ1v) is 8.11. The molecule has 1 rings (SSSR count). The smallest absolute Gasteiger partial charge is 0.326 e. The van der Waals surface area contributed by atoms with E-state index in [4.69, 9.17) is 9.84 Å². The molecule has 0 aliphatic rings. The fraction of sp³-hybridized carbons (Fsp3) is 0.385. The summed E-state index contributed by atoms with van der Waals surface area (Å²) in [5.74, 6) is -0.261. The molecule has 0 saturated carbocycles. The molecule has 1 unspecified atom stereocenters. The lowest BCUT2D eigenvalue weighted by Gasteiger charge is -2.14. The number of carbonyl (C=O) groups excluding carboxylic acids is 1. The molecule has 0 aromatic heterocycles. The zero-order chi connectivity index (χ0) is 15.0. The molecule has 1 aromatic rings. The highest BCUT2D eigenvalue weighted by atomic mass is 79.9. The summed E-state index contributed by atoms with van der Waals surface area (Å²) in [6.45, 7) is -0.209. The second-order valence-electron chi connectivity index (χ2n) is 3.99. The number of ether oxygens (including phenoxy) is 1. The second-order valence-corrected chi connectivity index (χ2v) is 5.89. The molecule has 1 aromatic carbocycles. The summed E-state index contributed by atoms with van der Waals surface area (Å²) < 4.78 is 6.14. The summed E-state index contributed by atoms with van der Waals surface area (Å²) in [7, 11) is 0. The fourth-order valence-corrected chi connectivity index (χ4v) is 2.28. The molecular weight excluding hydrogens is 346 g/mol. The Balaban J connectivity index is 2.43. The molecule has 2 N–H and O–H groups in total. The van der Waals surface area contributed by atoms with Crippen LogP contribution in [0, 0.1) is 0 Å². The third kappa shape index (κ3) is 6.29. The van der Waals surface area contributed by atoms with Crippen molar-refractivity contribution < 1.29 is 19.4 Å². The van der Waals surface area contributed by atoms with E-state index in [0.717, 1.165) is 4.47 Å². The van der Waals surface area contributed by atoms with Crippen LogP contribution < -0.4 is 10.1 Å². The predicted octanol–water partition coefficient (Wildman–Crippen LogP) is 2.15. The van der Waals surface area contributed by atoms with E-state index in [2.05, 4.69) is 21.2 Å². The van der Waals surface area contributed by atoms with Gasteiger partial charge in [0.05, 0.1) is 0 Å². The van der Waals surface area contributed by atoms with Crippen molar-refractivity contribution in [3.63, 3.8) is 0 Å². The summed E-state index contributed by atoms with van der Waals surface area (Å²) >= 11 is 4.83. The highest BCUT2D eigenvalue weighted by Gasteiger charge is 2.19. The molecule has 0 radical (unpaired) electrons. The van der Waals surface area contributed by atoms with Crippen molar-refractivity contribution in [2.75, 3.05) is 18.6 Å². The standard InChI is InChI=1S/C13H16BrNO4S/c1-20-6-5-11(13(17)18)15-12(16)8-19-10-4-2-3-9(14)7-10/h2-4,7,11H,5-6,8H2,1H3,(H,15,16)(H,17,18). The topological polar surface area (TPSA) is 75.6 Å². The van der Waals surface area contributed by atoms with Crippen LogP contribution in [0.25, 0.3) is 0 Å². The molecule has 0 heterocycles. The van der Waals surface area contributed by atoms with Crippen LogP contribution in [0.2, 0.25) is 0 Å². The first kappa shape index (κ1) is 16.8. The largest absolute Gasteiger partial charge is 0.484 e. The zero-order valence-electron chi connectivity index (χ0n) is 11.0. The molecule has 0 spiro atoms. The summed E-state index contributed by atoms with van der Waals surface area (Å²) in [5, 5.41) is 11.4. The number of benzene rings is 1. The van der Waals surface area contributed by atoms with Gasteiger partial charge in [0.25, 0.3) is 5.91 Å². The molecule has 1 atom stereocenters. The Bertz CT molecular complexity index is 469. The lowest BCUT2D eigenvalue weighted by Crippen LogP contribution is -2.43. The Labute approximate surface area is 130 Å². The summed E-state index contributed by atoms with van der Waals surface area (Å²) in [6, 6.07) is 6.21. The van der Waals surface area contributed by atoms with Crippen molar-refractivity contribution in [2.24, 2.45) is 0 Å². The Morgan fingerprint density at radius 2 is 2.25 bits per heavy atom. The molecule has 0 aliphatic heterocycles. The van der Waals surface area contributed by atoms with Crippen molar-refractivity contribution in [3.05, 3.63) is 28.7 Å². The van der Waals surface area contributed by atoms with Crippen LogP contribution in [0.5, 0.6) is 5.75 Å². The third-order valence-electron chi connectivity index (χ3n) is 2.41. The van der Waals surface area contributed by atoms with Crippen LogP contribution in [0.3, 0.4) is 0 Å². The number of rotatable bonds is 8. The van der Waals surface area contributed by atoms with Gasteiger partial charge >= 0.3 is 5.97 Å². The second kappa shape index (κ2) is 8.86. The Hall–Kier alpha value is -1.21. The van der Waals surface area contributed by atoms with E-state index in [1.807, 2.05) is 12.3 Å². The quantitative estimate of drug-likeness (QED) is 0.741. The van der Waals surface area contributed by atoms with Crippen LogP contribution in [-0.4, -0.2) is 41.6 Å². The highest BCUT2D eigenvalue weighted by molar-refractivity contribution is 9.10. The van der Waals surface area contributed by atoms with E-state index in [0.29, 0.717) is 17.9 Å². The molecule has 0 bridgehead atoms. The summed E-state index contributed by atoms with van der Waals surface area (Å²) in [5.41, 5.74) is 0. The first-order valence-electron chi connectivity index (χ1n) is 5.92. The lowest BCUT2D eigenvalue weighted by molar-refractivity contribution is -0.142. The van der Waals surface area contributed by atoms with Crippen LogP contribution in [-0.2, 0) is 9.59 Å². The summed E-state index contributed by atoms with van der Waals surface area (Å²) in [4.78, 5) is 22.7. The Kier molecular flexibility index (Phi) is 7.46. The van der Waals surface area contributed by atoms with Gasteiger partial charge in [-0.15, -0.1) is 0 Å². The van der Waals surface area contributed by atoms with E-state index in [-0.39, 0.29) is 6.61 Å². The third-order valence-corrected chi connectivity index (χ3v) is 3.55. The molecule has 5 nitrogen and oxygen atoms in total. The predicted molar refractivity (Wildman–Crippen MR) is 82.2 cm³/mol. The maximum atomic E-state index is 11.7. The maximum absolute atomic E-state index is 11.7. The first-order chi connectivity index (χ1) is 9.52. The van der Waals surface area contributed by atoms with Crippen LogP contribution in [0.1, 0.15) is 6.42 Å². The normalized spacial score (nSPS) is 11.7. The van der Waals surface area contributed by atoms with E-state index < -0.39 is 17.9 Å². The minimum atomic E-state index is -1.03. The van der Waals surface area contributed by atoms with Gasteiger partial charge < -0.3 is 15.2 Å². The number of hydrogen-bond acceptors (Lipinski definition) is 4. The van der Waals surface area contributed by atoms with Gasteiger partial charge in [0.15, 0.2) is 6.61 Å². The SMILES string of the molecule is CSCCC(NC(=O)COc1cccc(Br)c1)C(=O)O. The van der Waals surface area contributed by atoms with Gasteiger partial charge in [-0.3, -0.25) is 4.79 Å². The number of carbonyl (C=O) groups is 2. The summed E-state index contributed by atoms with van der Waals surface area (Å²) in [6.07, 6.45) is 2.27. The molecule has 0 saturated heterocycles. The maximum Gasteiger partial charge on any atom is 0.326 e. The average molecular weight is 362 g/mol. The number of aliphatic carboxylic acids is 1. The molecule has 0 fully saturated rings. The van der Waals surface area contributed by atoms with Crippen molar-refractivity contribution >= 4 is 39.6 Å². The number of thioether (sulfide) groups is 1. The Morgan fingerprint density at radius 1 is 1.50 bits per heavy atom. The molecular formula is C13H16BrNO4S. The monoisotopic (exact) mass is 361 g/mol. The van der Waals surface area contributed by atoms with Crippen molar-refractivity contribution in [1.29, 1.82) is 0 Å². The van der Waals surface area contributed by atoms with E-state index in [9.17, 15) is 9.59 Å². The minimum absolute atomic E-state index is 0.209. The molecule has 0 aliphatic carbocycles. The molecule has 20 heavy (non-hydrogen) atoms. The van der Waals surface area contributed by atoms with Crippen LogP contribution in [0.4, 0.5) is 0 Å². The zero-order valence-corrected chi connectivity index (χ0v) is 13.4. The fourth-order valence-electron chi connectivity index (χ4n) is 1.43. The lowest BCUT2D eigenvalue weighted by atomic mass is 10.2. The van der Waals surface area contributed by atoms with Crippen LogP contribution in [0.15, 0.2) is 28.7 Å². The highest BCUT2D eigenvalue weighted by Crippen LogP contribution is 2.17. The molecule has 1 amide bonds. The van der Waals surface area contributed by atoms with Gasteiger partial charge in [-0.05, 0) is 36.6 Å². The number of halogens is 1. The minimum Gasteiger partial charge on any atom is -0.484 e. The number of carboxylic acid groups (broad SMARTS) is 1. The number of amides is 1. The average Bonchev–Trinajstić information content (AvgIpc) is 2.41. The van der Waals surface area contributed by atoms with E-state index in [1.165, 1.54) is 11.8 Å². The molecule has 7 heteroatoms. The van der Waals surface area contributed by atoms with E-state index >= 15 is 0 Å². The van der Waals surface area contributed by atoms with E-state index in [1.54, 1.807) is 18.2 Å². The van der Waals surface area contributed by atoms with Gasteiger partial charge in [0.2, 0.25) is 0 Å². The number of carboxylic acids is 1. The van der Waals surface area contributed by atoms with Crippen molar-refractivity contribution in [3.8, 4) is 5.75 Å². The van der Waals surface area contributed by atoms with Gasteiger partial charge in [-0.25, -0.2) is 4.79 Å².